The third kappa shape index (κ3) is 5.79. The molecule has 2 aliphatic rings. The van der Waals surface area contributed by atoms with E-state index in [1.165, 1.54) is 19.3 Å². The van der Waals surface area contributed by atoms with Crippen LogP contribution in [0.1, 0.15) is 88.6 Å². The van der Waals surface area contributed by atoms with E-state index in [9.17, 15) is 0 Å². The molecule has 5 nitrogen and oxygen atoms in total. The summed E-state index contributed by atoms with van der Waals surface area (Å²) in [6.45, 7) is 14.0. The first-order chi connectivity index (χ1) is 16.5. The summed E-state index contributed by atoms with van der Waals surface area (Å²) in [5.74, 6) is 7.92. The van der Waals surface area contributed by atoms with Gasteiger partial charge in [-0.3, -0.25) is 4.68 Å². The maximum Gasteiger partial charge on any atom is 0.192 e. The number of aryl methyl sites for hydroxylation is 1. The SMILES string of the molecule is CN1CCC(C#Cc2nn(C)c3c(CO[Si](C)(C)C(C)(C)C)c(Cl)nc(C4CCCCC4)c23)CC1. The first-order valence-corrected chi connectivity index (χ1v) is 16.7. The largest absolute Gasteiger partial charge is 0.412 e. The Hall–Kier alpha value is -1.39. The molecule has 35 heavy (non-hydrogen) atoms. The molecule has 0 spiro atoms. The molecule has 1 aliphatic heterocycles. The van der Waals surface area contributed by atoms with Crippen LogP contribution in [0.25, 0.3) is 10.9 Å². The van der Waals surface area contributed by atoms with Gasteiger partial charge in [-0.15, -0.1) is 0 Å². The summed E-state index contributed by atoms with van der Waals surface area (Å²) in [6, 6.07) is 0. The van der Waals surface area contributed by atoms with Crippen molar-refractivity contribution in [1.29, 1.82) is 0 Å². The van der Waals surface area contributed by atoms with E-state index in [2.05, 4.69) is 57.7 Å². The summed E-state index contributed by atoms with van der Waals surface area (Å²) in [4.78, 5) is 7.42. The van der Waals surface area contributed by atoms with Crippen LogP contribution in [0.4, 0.5) is 0 Å². The highest BCUT2D eigenvalue weighted by atomic mass is 35.5. The summed E-state index contributed by atoms with van der Waals surface area (Å²) in [6.07, 6.45) is 8.38. The molecule has 1 saturated carbocycles. The summed E-state index contributed by atoms with van der Waals surface area (Å²) in [5, 5.41) is 6.73. The van der Waals surface area contributed by atoms with Gasteiger partial charge in [-0.05, 0) is 69.9 Å². The molecule has 4 rings (SSSR count). The first-order valence-electron chi connectivity index (χ1n) is 13.4. The number of rotatable bonds is 4. The summed E-state index contributed by atoms with van der Waals surface area (Å²) in [5.41, 5.74) is 3.96. The van der Waals surface area contributed by atoms with Crippen molar-refractivity contribution in [2.75, 3.05) is 20.1 Å². The number of piperidine rings is 1. The van der Waals surface area contributed by atoms with Crippen LogP contribution in [-0.4, -0.2) is 48.1 Å². The Bertz CT molecular complexity index is 1110. The molecule has 2 aromatic rings. The lowest BCUT2D eigenvalue weighted by atomic mass is 9.85. The number of pyridine rings is 1. The highest BCUT2D eigenvalue weighted by molar-refractivity contribution is 6.74. The van der Waals surface area contributed by atoms with Crippen molar-refractivity contribution in [1.82, 2.24) is 19.7 Å². The third-order valence-corrected chi connectivity index (χ3v) is 13.3. The van der Waals surface area contributed by atoms with Gasteiger partial charge in [-0.1, -0.05) is 57.6 Å². The van der Waals surface area contributed by atoms with Crippen LogP contribution >= 0.6 is 11.6 Å². The van der Waals surface area contributed by atoms with Crippen molar-refractivity contribution in [3.63, 3.8) is 0 Å². The van der Waals surface area contributed by atoms with Crippen LogP contribution in [0.15, 0.2) is 0 Å². The molecular formula is C28H43ClN4OSi. The Kier molecular flexibility index (Phi) is 8.03. The van der Waals surface area contributed by atoms with Gasteiger partial charge >= 0.3 is 0 Å². The lowest BCUT2D eigenvalue weighted by Gasteiger charge is -2.36. The minimum atomic E-state index is -1.95. The smallest absolute Gasteiger partial charge is 0.192 e. The Balaban J connectivity index is 1.78. The molecule has 0 N–H and O–H groups in total. The van der Waals surface area contributed by atoms with Crippen LogP contribution in [0.2, 0.25) is 23.3 Å². The van der Waals surface area contributed by atoms with Crippen LogP contribution in [0.3, 0.4) is 0 Å². The van der Waals surface area contributed by atoms with Crippen LogP contribution < -0.4 is 0 Å². The molecule has 1 saturated heterocycles. The van der Waals surface area contributed by atoms with E-state index in [0.29, 0.717) is 23.6 Å². The lowest BCUT2D eigenvalue weighted by molar-refractivity contribution is 0.248. The highest BCUT2D eigenvalue weighted by Gasteiger charge is 2.38. The topological polar surface area (TPSA) is 43.2 Å². The molecule has 3 heterocycles. The van der Waals surface area contributed by atoms with Crippen molar-refractivity contribution in [2.45, 2.75) is 96.4 Å². The van der Waals surface area contributed by atoms with Crippen molar-refractivity contribution in [3.05, 3.63) is 22.1 Å². The molecule has 0 atom stereocenters. The van der Waals surface area contributed by atoms with Gasteiger partial charge in [0.15, 0.2) is 8.32 Å². The van der Waals surface area contributed by atoms with E-state index in [1.54, 1.807) is 0 Å². The van der Waals surface area contributed by atoms with Gasteiger partial charge in [0.1, 0.15) is 10.8 Å². The molecule has 0 aromatic carbocycles. The summed E-state index contributed by atoms with van der Waals surface area (Å²) in [7, 11) is 2.26. The van der Waals surface area contributed by atoms with E-state index in [-0.39, 0.29) is 5.04 Å². The van der Waals surface area contributed by atoms with E-state index in [4.69, 9.17) is 26.1 Å². The molecule has 2 aromatic heterocycles. The van der Waals surface area contributed by atoms with Crippen molar-refractivity contribution >= 4 is 30.8 Å². The van der Waals surface area contributed by atoms with Gasteiger partial charge in [0.2, 0.25) is 0 Å². The zero-order chi connectivity index (χ0) is 25.4. The number of likely N-dealkylation sites (tertiary alicyclic amines) is 1. The fourth-order valence-electron chi connectivity index (χ4n) is 5.12. The fraction of sp³-hybridized carbons (Fsp3) is 0.714. The van der Waals surface area contributed by atoms with Crippen molar-refractivity contribution < 1.29 is 4.43 Å². The quantitative estimate of drug-likeness (QED) is 0.253. The second-order valence-electron chi connectivity index (χ2n) is 12.2. The van der Waals surface area contributed by atoms with Gasteiger partial charge in [-0.2, -0.15) is 5.10 Å². The molecular weight excluding hydrogens is 472 g/mol. The van der Waals surface area contributed by atoms with Crippen LogP contribution in [0, 0.1) is 17.8 Å². The monoisotopic (exact) mass is 514 g/mol. The van der Waals surface area contributed by atoms with Gasteiger partial charge in [0.25, 0.3) is 0 Å². The molecule has 192 valence electrons. The van der Waals surface area contributed by atoms with Crippen molar-refractivity contribution in [3.8, 4) is 11.8 Å². The molecule has 0 unspecified atom stereocenters. The molecule has 0 radical (unpaired) electrons. The van der Waals surface area contributed by atoms with E-state index < -0.39 is 8.32 Å². The minimum absolute atomic E-state index is 0.130. The number of hydrogen-bond donors (Lipinski definition) is 0. The van der Waals surface area contributed by atoms with E-state index >= 15 is 0 Å². The number of aromatic nitrogens is 3. The average molecular weight is 515 g/mol. The number of hydrogen-bond acceptors (Lipinski definition) is 4. The Morgan fingerprint density at radius 1 is 1.06 bits per heavy atom. The standard InChI is InChI=1S/C28H43ClN4OSi/c1-28(2,3)35(6,7)34-19-22-26-24(25(30-27(22)29)21-11-9-8-10-12-21)23(31-33(26)5)14-13-20-15-17-32(4)18-16-20/h20-21H,8-12,15-19H2,1-7H3. The van der Waals surface area contributed by atoms with Gasteiger partial charge in [0.05, 0.1) is 23.2 Å². The summed E-state index contributed by atoms with van der Waals surface area (Å²) < 4.78 is 8.59. The molecule has 0 amide bonds. The molecule has 1 aliphatic carbocycles. The zero-order valence-corrected chi connectivity index (χ0v) is 24.6. The average Bonchev–Trinajstić information content (AvgIpc) is 3.13. The fourth-order valence-corrected chi connectivity index (χ4v) is 6.29. The summed E-state index contributed by atoms with van der Waals surface area (Å²) >= 11 is 6.91. The zero-order valence-electron chi connectivity index (χ0n) is 22.8. The number of fused-ring (bicyclic) bond motifs is 1. The second kappa shape index (κ2) is 10.5. The first kappa shape index (κ1) is 26.7. The van der Waals surface area contributed by atoms with Crippen LogP contribution in [-0.2, 0) is 18.1 Å². The Morgan fingerprint density at radius 3 is 2.34 bits per heavy atom. The highest BCUT2D eigenvalue weighted by Crippen LogP contribution is 2.41. The van der Waals surface area contributed by atoms with Crippen LogP contribution in [0.5, 0.6) is 0 Å². The maximum atomic E-state index is 6.91. The Morgan fingerprint density at radius 2 is 1.71 bits per heavy atom. The molecule has 0 bridgehead atoms. The minimum Gasteiger partial charge on any atom is -0.412 e. The number of nitrogens with zero attached hydrogens (tertiary/aromatic N) is 4. The number of halogens is 1. The van der Waals surface area contributed by atoms with Gasteiger partial charge < -0.3 is 9.33 Å². The molecule has 2 fully saturated rings. The maximum absolute atomic E-state index is 6.91. The Labute approximate surface area is 218 Å². The second-order valence-corrected chi connectivity index (χ2v) is 17.4. The predicted molar refractivity (Wildman–Crippen MR) is 148 cm³/mol. The lowest BCUT2D eigenvalue weighted by Crippen LogP contribution is -2.40. The van der Waals surface area contributed by atoms with Gasteiger partial charge in [0, 0.05) is 24.4 Å². The van der Waals surface area contributed by atoms with Gasteiger partial charge in [-0.25, -0.2) is 4.98 Å². The van der Waals surface area contributed by atoms with E-state index in [1.807, 2.05) is 11.7 Å². The molecule has 7 heteroatoms. The van der Waals surface area contributed by atoms with E-state index in [0.717, 1.165) is 66.6 Å². The normalized spacial score (nSPS) is 19.2. The third-order valence-electron chi connectivity index (χ3n) is 8.55. The predicted octanol–water partition coefficient (Wildman–Crippen LogP) is 6.88. The van der Waals surface area contributed by atoms with Crippen molar-refractivity contribution in [2.24, 2.45) is 13.0 Å².